The van der Waals surface area contributed by atoms with Gasteiger partial charge in [0.05, 0.1) is 17.7 Å². The minimum absolute atomic E-state index is 0.00220. The minimum Gasteiger partial charge on any atom is -0.477 e. The van der Waals surface area contributed by atoms with Crippen molar-refractivity contribution in [2.24, 2.45) is 0 Å². The molecule has 1 N–H and O–H groups in total. The van der Waals surface area contributed by atoms with Gasteiger partial charge < -0.3 is 9.52 Å². The third kappa shape index (κ3) is 2.92. The van der Waals surface area contributed by atoms with Gasteiger partial charge in [0.25, 0.3) is 0 Å². The summed E-state index contributed by atoms with van der Waals surface area (Å²) >= 11 is 0.892. The highest BCUT2D eigenvalue weighted by Gasteiger charge is 2.26. The molecule has 0 radical (unpaired) electrons. The average Bonchev–Trinajstić information content (AvgIpc) is 3.06. The number of hydrogen-bond donors (Lipinski definition) is 1. The fraction of sp³-hybridized carbons (Fsp3) is 0.250. The highest BCUT2D eigenvalue weighted by molar-refractivity contribution is 7.89. The van der Waals surface area contributed by atoms with Gasteiger partial charge in [-0.25, -0.2) is 13.2 Å². The van der Waals surface area contributed by atoms with Crippen LogP contribution in [-0.4, -0.2) is 30.3 Å². The van der Waals surface area contributed by atoms with Crippen LogP contribution in [0.2, 0.25) is 0 Å². The van der Waals surface area contributed by atoms with Crippen LogP contribution < -0.4 is 0 Å². The van der Waals surface area contributed by atoms with E-state index in [9.17, 15) is 13.2 Å². The molecule has 2 aromatic rings. The van der Waals surface area contributed by atoms with Gasteiger partial charge in [-0.15, -0.1) is 11.3 Å². The molecule has 0 amide bonds. The first kappa shape index (κ1) is 14.8. The number of nitrogens with zero attached hydrogens (tertiary/aromatic N) is 1. The smallest absolute Gasteiger partial charge is 0.345 e. The van der Waals surface area contributed by atoms with Crippen molar-refractivity contribution < 1.29 is 22.7 Å². The monoisotopic (exact) mass is 315 g/mol. The predicted octanol–water partition coefficient (Wildman–Crippen LogP) is 2.25. The van der Waals surface area contributed by atoms with Crippen LogP contribution in [-0.2, 0) is 16.6 Å². The molecule has 0 aromatic carbocycles. The molecule has 2 rings (SSSR count). The molecule has 0 aliphatic heterocycles. The van der Waals surface area contributed by atoms with Gasteiger partial charge in [0.1, 0.15) is 10.6 Å². The number of carboxylic acid groups (broad SMARTS) is 1. The summed E-state index contributed by atoms with van der Waals surface area (Å²) in [5, 5.41) is 10.2. The third-order valence-electron chi connectivity index (χ3n) is 2.69. The van der Waals surface area contributed by atoms with Gasteiger partial charge in [-0.05, 0) is 18.2 Å². The van der Waals surface area contributed by atoms with Crippen molar-refractivity contribution >= 4 is 27.3 Å². The Morgan fingerprint density at radius 1 is 1.50 bits per heavy atom. The van der Waals surface area contributed by atoms with Crippen molar-refractivity contribution in [3.05, 3.63) is 40.5 Å². The number of thiophene rings is 1. The summed E-state index contributed by atoms with van der Waals surface area (Å²) in [6.45, 7) is 2.09. The van der Waals surface area contributed by atoms with E-state index in [1.807, 2.05) is 0 Å². The molecule has 2 heterocycles. The standard InChI is InChI=1S/C12H13NO5S2/c1-2-13(7-9-4-3-5-18-9)20(16,17)10-6-11(12(14)15)19-8-10/h3-6,8H,2,7H2,1H3,(H,14,15). The maximum atomic E-state index is 12.4. The van der Waals surface area contributed by atoms with Crippen LogP contribution in [0.15, 0.2) is 39.2 Å². The van der Waals surface area contributed by atoms with Crippen LogP contribution in [0.25, 0.3) is 0 Å². The average molecular weight is 315 g/mol. The summed E-state index contributed by atoms with van der Waals surface area (Å²) in [6.07, 6.45) is 1.48. The quantitative estimate of drug-likeness (QED) is 0.883. The molecule has 0 aliphatic carbocycles. The zero-order valence-corrected chi connectivity index (χ0v) is 12.3. The van der Waals surface area contributed by atoms with E-state index >= 15 is 0 Å². The third-order valence-corrected chi connectivity index (χ3v) is 5.65. The number of carboxylic acids is 1. The van der Waals surface area contributed by atoms with E-state index in [-0.39, 0.29) is 22.9 Å². The maximum absolute atomic E-state index is 12.4. The summed E-state index contributed by atoms with van der Waals surface area (Å²) in [6, 6.07) is 4.55. The van der Waals surface area contributed by atoms with Gasteiger partial charge in [0.15, 0.2) is 0 Å². The fourth-order valence-electron chi connectivity index (χ4n) is 1.66. The Labute approximate surface area is 120 Å². The number of sulfonamides is 1. The molecule has 108 valence electrons. The van der Waals surface area contributed by atoms with Crippen LogP contribution in [0.1, 0.15) is 22.4 Å². The Hall–Kier alpha value is -1.64. The van der Waals surface area contributed by atoms with Crippen molar-refractivity contribution in [1.29, 1.82) is 0 Å². The second-order valence-electron chi connectivity index (χ2n) is 3.96. The van der Waals surface area contributed by atoms with Crippen LogP contribution in [0.3, 0.4) is 0 Å². The molecule has 0 aliphatic rings. The van der Waals surface area contributed by atoms with Crippen molar-refractivity contribution in [3.63, 3.8) is 0 Å². The molecule has 2 aromatic heterocycles. The van der Waals surface area contributed by atoms with Crippen molar-refractivity contribution in [1.82, 2.24) is 4.31 Å². The van der Waals surface area contributed by atoms with E-state index in [1.165, 1.54) is 22.0 Å². The van der Waals surface area contributed by atoms with E-state index in [0.29, 0.717) is 5.76 Å². The van der Waals surface area contributed by atoms with Gasteiger partial charge in [0, 0.05) is 11.9 Å². The highest BCUT2D eigenvalue weighted by atomic mass is 32.2. The molecular weight excluding hydrogens is 302 g/mol. The Bertz CT molecular complexity index is 687. The highest BCUT2D eigenvalue weighted by Crippen LogP contribution is 2.24. The summed E-state index contributed by atoms with van der Waals surface area (Å²) < 4.78 is 31.2. The second-order valence-corrected chi connectivity index (χ2v) is 6.81. The number of hydrogen-bond acceptors (Lipinski definition) is 5. The summed E-state index contributed by atoms with van der Waals surface area (Å²) in [5.74, 6) is -0.602. The Kier molecular flexibility index (Phi) is 4.26. The van der Waals surface area contributed by atoms with Crippen molar-refractivity contribution in [3.8, 4) is 0 Å². The number of furan rings is 1. The normalized spacial score (nSPS) is 11.9. The van der Waals surface area contributed by atoms with E-state index < -0.39 is 16.0 Å². The molecule has 8 heteroatoms. The second kappa shape index (κ2) is 5.78. The summed E-state index contributed by atoms with van der Waals surface area (Å²) in [7, 11) is -3.72. The molecule has 20 heavy (non-hydrogen) atoms. The zero-order chi connectivity index (χ0) is 14.8. The van der Waals surface area contributed by atoms with Crippen LogP contribution in [0.5, 0.6) is 0 Å². The molecule has 0 bridgehead atoms. The first-order valence-corrected chi connectivity index (χ1v) is 8.11. The first-order chi connectivity index (χ1) is 9.45. The van der Waals surface area contributed by atoms with E-state index in [2.05, 4.69) is 0 Å². The van der Waals surface area contributed by atoms with Gasteiger partial charge in [-0.3, -0.25) is 0 Å². The molecule has 0 spiro atoms. The van der Waals surface area contributed by atoms with Gasteiger partial charge in [-0.2, -0.15) is 4.31 Å². The van der Waals surface area contributed by atoms with E-state index in [4.69, 9.17) is 9.52 Å². The van der Waals surface area contributed by atoms with Crippen LogP contribution in [0.4, 0.5) is 0 Å². The molecular formula is C12H13NO5S2. The van der Waals surface area contributed by atoms with Crippen molar-refractivity contribution in [2.75, 3.05) is 6.54 Å². The van der Waals surface area contributed by atoms with E-state index in [0.717, 1.165) is 11.3 Å². The molecule has 0 saturated carbocycles. The van der Waals surface area contributed by atoms with Gasteiger partial charge in [0.2, 0.25) is 10.0 Å². The first-order valence-electron chi connectivity index (χ1n) is 5.79. The molecule has 0 saturated heterocycles. The minimum atomic E-state index is -3.72. The molecule has 0 fully saturated rings. The summed E-state index contributed by atoms with van der Waals surface area (Å²) in [4.78, 5) is 10.8. The molecule has 6 nitrogen and oxygen atoms in total. The number of carbonyl (C=O) groups is 1. The number of aromatic carboxylic acids is 1. The Balaban J connectivity index is 2.28. The molecule has 0 unspecified atom stereocenters. The lowest BCUT2D eigenvalue weighted by Gasteiger charge is -2.18. The number of rotatable bonds is 6. The van der Waals surface area contributed by atoms with E-state index in [1.54, 1.807) is 19.1 Å². The Morgan fingerprint density at radius 2 is 2.25 bits per heavy atom. The van der Waals surface area contributed by atoms with Crippen LogP contribution >= 0.6 is 11.3 Å². The predicted molar refractivity (Wildman–Crippen MR) is 73.3 cm³/mol. The van der Waals surface area contributed by atoms with Gasteiger partial charge in [-0.1, -0.05) is 6.92 Å². The summed E-state index contributed by atoms with van der Waals surface area (Å²) in [5.41, 5.74) is 0. The maximum Gasteiger partial charge on any atom is 0.345 e. The van der Waals surface area contributed by atoms with Gasteiger partial charge >= 0.3 is 5.97 Å². The topological polar surface area (TPSA) is 87.8 Å². The lowest BCUT2D eigenvalue weighted by molar-refractivity contribution is 0.0702. The largest absolute Gasteiger partial charge is 0.477 e. The zero-order valence-electron chi connectivity index (χ0n) is 10.6. The SMILES string of the molecule is CCN(Cc1ccco1)S(=O)(=O)c1csc(C(=O)O)c1. The Morgan fingerprint density at radius 3 is 2.75 bits per heavy atom. The molecule has 0 atom stereocenters. The van der Waals surface area contributed by atoms with Crippen molar-refractivity contribution in [2.45, 2.75) is 18.4 Å². The lowest BCUT2D eigenvalue weighted by atomic mass is 10.4. The lowest BCUT2D eigenvalue weighted by Crippen LogP contribution is -2.30. The fourth-order valence-corrected chi connectivity index (χ4v) is 4.17. The van der Waals surface area contributed by atoms with Crippen LogP contribution in [0, 0.1) is 0 Å².